The van der Waals surface area contributed by atoms with E-state index in [4.69, 9.17) is 10.00 Å². The quantitative estimate of drug-likeness (QED) is 0.636. The molecule has 0 fully saturated rings. The van der Waals surface area contributed by atoms with E-state index >= 15 is 0 Å². The predicted molar refractivity (Wildman–Crippen MR) is 41.6 cm³/mol. The molecule has 2 nitrogen and oxygen atoms in total. The Morgan fingerprint density at radius 3 is 2.82 bits per heavy atom. The van der Waals surface area contributed by atoms with E-state index in [1.807, 2.05) is 18.2 Å². The van der Waals surface area contributed by atoms with Gasteiger partial charge in [0, 0.05) is 12.7 Å². The number of nitrogens with zero attached hydrogens (tertiary/aromatic N) is 1. The van der Waals surface area contributed by atoms with Gasteiger partial charge in [-0.2, -0.15) is 5.26 Å². The molecule has 0 saturated carbocycles. The van der Waals surface area contributed by atoms with Crippen LogP contribution in [-0.2, 0) is 4.74 Å². The number of hydrogen-bond donors (Lipinski definition) is 0. The van der Waals surface area contributed by atoms with Crippen molar-refractivity contribution in [3.63, 3.8) is 0 Å². The van der Waals surface area contributed by atoms with Crippen LogP contribution in [0, 0.1) is 17.9 Å². The zero-order valence-corrected chi connectivity index (χ0v) is 6.24. The van der Waals surface area contributed by atoms with E-state index in [2.05, 4.69) is 6.07 Å². The second-order valence-electron chi connectivity index (χ2n) is 2.05. The summed E-state index contributed by atoms with van der Waals surface area (Å²) in [5.41, 5.74) is 1.45. The number of methoxy groups -OCH3 is 1. The topological polar surface area (TPSA) is 33.0 Å². The van der Waals surface area contributed by atoms with Gasteiger partial charge in [-0.05, 0) is 6.07 Å². The van der Waals surface area contributed by atoms with Gasteiger partial charge in [-0.15, -0.1) is 0 Å². The average Bonchev–Trinajstić information content (AvgIpc) is 2.06. The molecule has 0 aliphatic carbocycles. The molecule has 0 atom stereocenters. The molecule has 0 aliphatic rings. The Bertz CT molecular complexity index is 275. The van der Waals surface area contributed by atoms with Gasteiger partial charge in [-0.3, -0.25) is 0 Å². The SMILES string of the molecule is CO[CH]c1ccccc1C#N. The fourth-order valence-electron chi connectivity index (χ4n) is 0.829. The molecule has 55 valence electrons. The first-order chi connectivity index (χ1) is 5.38. The molecular weight excluding hydrogens is 138 g/mol. The van der Waals surface area contributed by atoms with Crippen LogP contribution in [0.4, 0.5) is 0 Å². The van der Waals surface area contributed by atoms with Gasteiger partial charge in [0.25, 0.3) is 0 Å². The van der Waals surface area contributed by atoms with Crippen molar-refractivity contribution in [1.82, 2.24) is 0 Å². The summed E-state index contributed by atoms with van der Waals surface area (Å²) in [6, 6.07) is 9.35. The number of hydrogen-bond acceptors (Lipinski definition) is 2. The van der Waals surface area contributed by atoms with E-state index in [0.717, 1.165) is 5.56 Å². The minimum atomic E-state index is 0.634. The van der Waals surface area contributed by atoms with Crippen molar-refractivity contribution in [2.24, 2.45) is 0 Å². The van der Waals surface area contributed by atoms with Crippen molar-refractivity contribution in [2.75, 3.05) is 7.11 Å². The van der Waals surface area contributed by atoms with Crippen molar-refractivity contribution in [3.8, 4) is 6.07 Å². The molecule has 0 N–H and O–H groups in total. The Balaban J connectivity index is 2.95. The summed E-state index contributed by atoms with van der Waals surface area (Å²) < 4.78 is 4.79. The summed E-state index contributed by atoms with van der Waals surface area (Å²) in [5.74, 6) is 0. The molecule has 1 radical (unpaired) electrons. The van der Waals surface area contributed by atoms with Crippen LogP contribution in [0.3, 0.4) is 0 Å². The minimum Gasteiger partial charge on any atom is -0.374 e. The smallest absolute Gasteiger partial charge is 0.114 e. The Morgan fingerprint density at radius 2 is 2.18 bits per heavy atom. The van der Waals surface area contributed by atoms with Crippen LogP contribution in [0.5, 0.6) is 0 Å². The van der Waals surface area contributed by atoms with Crippen molar-refractivity contribution in [3.05, 3.63) is 42.0 Å². The maximum Gasteiger partial charge on any atom is 0.114 e. The highest BCUT2D eigenvalue weighted by molar-refractivity contribution is 5.40. The molecule has 11 heavy (non-hydrogen) atoms. The van der Waals surface area contributed by atoms with Gasteiger partial charge in [-0.1, -0.05) is 18.2 Å². The Kier molecular flexibility index (Phi) is 2.65. The largest absolute Gasteiger partial charge is 0.374 e. The highest BCUT2D eigenvalue weighted by atomic mass is 16.5. The molecule has 1 aromatic rings. The fourth-order valence-corrected chi connectivity index (χ4v) is 0.829. The molecule has 2 heteroatoms. The molecule has 0 bridgehead atoms. The maximum atomic E-state index is 8.62. The van der Waals surface area contributed by atoms with Gasteiger partial charge >= 0.3 is 0 Å². The van der Waals surface area contributed by atoms with Gasteiger partial charge in [0.2, 0.25) is 0 Å². The minimum absolute atomic E-state index is 0.634. The lowest BCUT2D eigenvalue weighted by atomic mass is 10.1. The Morgan fingerprint density at radius 1 is 1.45 bits per heavy atom. The molecule has 0 saturated heterocycles. The molecule has 0 heterocycles. The zero-order chi connectivity index (χ0) is 8.10. The first-order valence-electron chi connectivity index (χ1n) is 3.23. The van der Waals surface area contributed by atoms with Crippen LogP contribution in [0.2, 0.25) is 0 Å². The summed E-state index contributed by atoms with van der Waals surface area (Å²) >= 11 is 0. The summed E-state index contributed by atoms with van der Waals surface area (Å²) in [6.07, 6.45) is 0. The van der Waals surface area contributed by atoms with Gasteiger partial charge in [-0.25, -0.2) is 0 Å². The third-order valence-corrected chi connectivity index (χ3v) is 1.33. The van der Waals surface area contributed by atoms with Crippen molar-refractivity contribution in [1.29, 1.82) is 5.26 Å². The van der Waals surface area contributed by atoms with Crippen LogP contribution in [0.1, 0.15) is 11.1 Å². The van der Waals surface area contributed by atoms with E-state index < -0.39 is 0 Å². The lowest BCUT2D eigenvalue weighted by Crippen LogP contribution is -1.88. The highest BCUT2D eigenvalue weighted by Crippen LogP contribution is 2.08. The van der Waals surface area contributed by atoms with E-state index in [1.54, 1.807) is 19.8 Å². The van der Waals surface area contributed by atoms with E-state index in [9.17, 15) is 0 Å². The van der Waals surface area contributed by atoms with Crippen LogP contribution in [0.25, 0.3) is 0 Å². The first kappa shape index (κ1) is 7.77. The second kappa shape index (κ2) is 3.75. The van der Waals surface area contributed by atoms with Gasteiger partial charge in [0.05, 0.1) is 11.6 Å². The van der Waals surface area contributed by atoms with Crippen molar-refractivity contribution < 1.29 is 4.74 Å². The summed E-state index contributed by atoms with van der Waals surface area (Å²) in [5, 5.41) is 8.62. The Labute approximate surface area is 66.0 Å². The second-order valence-corrected chi connectivity index (χ2v) is 2.05. The molecule has 0 aliphatic heterocycles. The van der Waals surface area contributed by atoms with Crippen LogP contribution >= 0.6 is 0 Å². The van der Waals surface area contributed by atoms with E-state index in [0.29, 0.717) is 5.56 Å². The van der Waals surface area contributed by atoms with Crippen LogP contribution < -0.4 is 0 Å². The number of ether oxygens (including phenoxy) is 1. The van der Waals surface area contributed by atoms with Gasteiger partial charge < -0.3 is 4.74 Å². The average molecular weight is 146 g/mol. The summed E-state index contributed by atoms with van der Waals surface area (Å²) in [4.78, 5) is 0. The lowest BCUT2D eigenvalue weighted by molar-refractivity contribution is 0.292. The van der Waals surface area contributed by atoms with Crippen molar-refractivity contribution in [2.45, 2.75) is 0 Å². The van der Waals surface area contributed by atoms with E-state index in [1.165, 1.54) is 0 Å². The number of benzene rings is 1. The molecule has 1 rings (SSSR count). The molecule has 0 amide bonds. The maximum absolute atomic E-state index is 8.62. The van der Waals surface area contributed by atoms with Gasteiger partial charge in [0.15, 0.2) is 0 Å². The third kappa shape index (κ3) is 1.79. The van der Waals surface area contributed by atoms with Gasteiger partial charge in [0.1, 0.15) is 6.61 Å². The summed E-state index contributed by atoms with van der Waals surface area (Å²) in [6.45, 7) is 1.55. The monoisotopic (exact) mass is 146 g/mol. The third-order valence-electron chi connectivity index (χ3n) is 1.33. The molecule has 0 aromatic heterocycles. The Hall–Kier alpha value is -1.33. The lowest BCUT2D eigenvalue weighted by Gasteiger charge is -1.98. The number of nitriles is 1. The normalized spacial score (nSPS) is 9.09. The standard InChI is InChI=1S/C9H8NO/c1-11-7-9-5-3-2-4-8(9)6-10/h2-5,7H,1H3. The van der Waals surface area contributed by atoms with Crippen LogP contribution in [-0.4, -0.2) is 7.11 Å². The number of rotatable bonds is 2. The summed E-state index contributed by atoms with van der Waals surface area (Å²) in [7, 11) is 1.56. The van der Waals surface area contributed by atoms with Crippen molar-refractivity contribution >= 4 is 0 Å². The predicted octanol–water partition coefficient (Wildman–Crippen LogP) is 1.71. The fraction of sp³-hybridized carbons (Fsp3) is 0.111. The van der Waals surface area contributed by atoms with Crippen LogP contribution in [0.15, 0.2) is 24.3 Å². The first-order valence-corrected chi connectivity index (χ1v) is 3.23. The van der Waals surface area contributed by atoms with E-state index in [-0.39, 0.29) is 0 Å². The molecule has 0 unspecified atom stereocenters. The molecular formula is C9H8NO. The molecule has 0 spiro atoms. The highest BCUT2D eigenvalue weighted by Gasteiger charge is 1.98. The molecule has 1 aromatic carbocycles. The zero-order valence-electron chi connectivity index (χ0n) is 6.24.